The zero-order chi connectivity index (χ0) is 25.1. The van der Waals surface area contributed by atoms with E-state index in [0.29, 0.717) is 0 Å². The summed E-state index contributed by atoms with van der Waals surface area (Å²) in [4.78, 5) is 36.2. The summed E-state index contributed by atoms with van der Waals surface area (Å²) in [7, 11) is 1.59. The Labute approximate surface area is 203 Å². The molecule has 3 N–H and O–H groups in total. The van der Waals surface area contributed by atoms with Crippen LogP contribution in [0.3, 0.4) is 0 Å². The van der Waals surface area contributed by atoms with Crippen molar-refractivity contribution < 1.29 is 24.2 Å². The third-order valence-corrected chi connectivity index (χ3v) is 6.20. The van der Waals surface area contributed by atoms with Gasteiger partial charge in [-0.05, 0) is 28.2 Å². The van der Waals surface area contributed by atoms with Crippen LogP contribution < -0.4 is 10.6 Å². The lowest BCUT2D eigenvalue weighted by molar-refractivity contribution is -0.137. The molecule has 2 amide bonds. The molecule has 2 aromatic carbocycles. The quantitative estimate of drug-likeness (QED) is 0.452. The van der Waals surface area contributed by atoms with E-state index in [1.54, 1.807) is 7.05 Å². The van der Waals surface area contributed by atoms with Crippen molar-refractivity contribution in [3.05, 3.63) is 71.4 Å². The van der Waals surface area contributed by atoms with E-state index >= 15 is 0 Å². The van der Waals surface area contributed by atoms with Crippen molar-refractivity contribution in [3.63, 3.8) is 0 Å². The summed E-state index contributed by atoms with van der Waals surface area (Å²) in [5.41, 5.74) is 4.57. The number of hydrogen-bond acceptors (Lipinski definition) is 5. The summed E-state index contributed by atoms with van der Waals surface area (Å²) in [5.74, 6) is -1.36. The molecule has 182 valence electrons. The molecular weight excluding hydrogens is 448 g/mol. The summed E-state index contributed by atoms with van der Waals surface area (Å²) in [6.07, 6.45) is -0.853. The van der Waals surface area contributed by atoms with Crippen LogP contribution >= 0.6 is 0 Å². The van der Waals surface area contributed by atoms with Gasteiger partial charge < -0.3 is 15.2 Å². The molecule has 1 aromatic heterocycles. The van der Waals surface area contributed by atoms with Gasteiger partial charge in [0.15, 0.2) is 5.69 Å². The second kappa shape index (κ2) is 10.0. The number of nitrogens with one attached hydrogen (secondary N) is 2. The Hall–Kier alpha value is -4.14. The first kappa shape index (κ1) is 24.0. The van der Waals surface area contributed by atoms with E-state index < -0.39 is 24.0 Å². The maximum Gasteiger partial charge on any atom is 0.412 e. The van der Waals surface area contributed by atoms with Crippen LogP contribution in [0.5, 0.6) is 0 Å². The molecule has 0 spiro atoms. The number of aryl methyl sites for hydroxylation is 1. The molecule has 1 heterocycles. The van der Waals surface area contributed by atoms with Crippen molar-refractivity contribution >= 4 is 23.8 Å². The lowest BCUT2D eigenvalue weighted by atomic mass is 9.98. The topological polar surface area (TPSA) is 123 Å². The van der Waals surface area contributed by atoms with Crippen LogP contribution in [-0.2, 0) is 16.6 Å². The second-order valence-electron chi connectivity index (χ2n) is 8.91. The molecule has 3 aromatic rings. The first-order chi connectivity index (χ1) is 16.7. The highest BCUT2D eigenvalue weighted by atomic mass is 16.5. The number of hydrogen-bond donors (Lipinski definition) is 3. The van der Waals surface area contributed by atoms with Crippen LogP contribution in [0.4, 0.5) is 10.6 Å². The number of benzene rings is 2. The van der Waals surface area contributed by atoms with Gasteiger partial charge in [-0.2, -0.15) is 5.10 Å². The zero-order valence-corrected chi connectivity index (χ0v) is 19.8. The minimum atomic E-state index is -0.998. The van der Waals surface area contributed by atoms with Gasteiger partial charge in [-0.25, -0.2) is 4.79 Å². The lowest BCUT2D eigenvalue weighted by Crippen LogP contribution is -2.40. The third kappa shape index (κ3) is 5.18. The average molecular weight is 477 g/mol. The number of fused-ring (bicyclic) bond motifs is 3. The highest BCUT2D eigenvalue weighted by molar-refractivity contribution is 5.94. The van der Waals surface area contributed by atoms with Crippen LogP contribution in [0, 0.1) is 5.92 Å². The average Bonchev–Trinajstić information content (AvgIpc) is 3.34. The van der Waals surface area contributed by atoms with Gasteiger partial charge in [-0.1, -0.05) is 62.4 Å². The van der Waals surface area contributed by atoms with E-state index in [4.69, 9.17) is 9.84 Å². The van der Waals surface area contributed by atoms with Gasteiger partial charge in [0.2, 0.25) is 0 Å². The van der Waals surface area contributed by atoms with Crippen molar-refractivity contribution in [3.8, 4) is 11.1 Å². The summed E-state index contributed by atoms with van der Waals surface area (Å²) in [6, 6.07) is 17.0. The van der Waals surface area contributed by atoms with Gasteiger partial charge in [0.25, 0.3) is 5.91 Å². The van der Waals surface area contributed by atoms with E-state index in [1.807, 2.05) is 50.2 Å². The van der Waals surface area contributed by atoms with E-state index in [-0.39, 0.29) is 36.4 Å². The molecule has 4 rings (SSSR count). The lowest BCUT2D eigenvalue weighted by Gasteiger charge is -2.19. The first-order valence-corrected chi connectivity index (χ1v) is 11.4. The fourth-order valence-corrected chi connectivity index (χ4v) is 4.32. The molecule has 0 radical (unpaired) electrons. The van der Waals surface area contributed by atoms with Crippen LogP contribution in [0.15, 0.2) is 54.6 Å². The Morgan fingerprint density at radius 3 is 2.23 bits per heavy atom. The van der Waals surface area contributed by atoms with Crippen molar-refractivity contribution in [2.24, 2.45) is 13.0 Å². The van der Waals surface area contributed by atoms with Crippen molar-refractivity contribution in [2.75, 3.05) is 11.9 Å². The first-order valence-electron chi connectivity index (χ1n) is 11.4. The normalized spacial score (nSPS) is 13.1. The molecule has 9 nitrogen and oxygen atoms in total. The fourth-order valence-electron chi connectivity index (χ4n) is 4.32. The van der Waals surface area contributed by atoms with E-state index in [9.17, 15) is 14.4 Å². The molecule has 0 saturated heterocycles. The Morgan fingerprint density at radius 2 is 1.66 bits per heavy atom. The van der Waals surface area contributed by atoms with Gasteiger partial charge >= 0.3 is 12.1 Å². The highest BCUT2D eigenvalue weighted by Gasteiger charge is 2.29. The number of carboxylic acid groups (broad SMARTS) is 1. The Balaban J connectivity index is 1.40. The van der Waals surface area contributed by atoms with Crippen LogP contribution in [0.2, 0.25) is 0 Å². The number of carbonyl (C=O) groups excluding carboxylic acids is 2. The summed E-state index contributed by atoms with van der Waals surface area (Å²) >= 11 is 0. The van der Waals surface area contributed by atoms with Crippen LogP contribution in [0.25, 0.3) is 11.1 Å². The number of amides is 2. The summed E-state index contributed by atoms with van der Waals surface area (Å²) in [5, 5.41) is 18.5. The molecule has 0 unspecified atom stereocenters. The molecule has 1 atom stereocenters. The molecule has 1 aliphatic rings. The number of carbonyl (C=O) groups is 3. The standard InChI is InChI=1S/C26H28N4O5/c1-15(2)21(13-24(31)32)27-25(33)22-12-23(30(3)29-22)28-26(34)35-14-20-18-10-6-4-8-16(18)17-9-5-7-11-19(17)20/h4-12,15,20-21H,13-14H2,1-3H3,(H,27,33)(H,28,34)(H,31,32)/t21-/m1/s1. The fraction of sp³-hybridized carbons (Fsp3) is 0.308. The number of rotatable bonds is 8. The molecule has 35 heavy (non-hydrogen) atoms. The summed E-state index contributed by atoms with van der Waals surface area (Å²) in [6.45, 7) is 3.82. The van der Waals surface area contributed by atoms with Crippen molar-refractivity contribution in [1.29, 1.82) is 0 Å². The van der Waals surface area contributed by atoms with Gasteiger partial charge in [0, 0.05) is 25.1 Å². The molecular formula is C26H28N4O5. The molecule has 0 saturated carbocycles. The maximum absolute atomic E-state index is 12.6. The van der Waals surface area contributed by atoms with Crippen LogP contribution in [-0.4, -0.2) is 45.5 Å². The highest BCUT2D eigenvalue weighted by Crippen LogP contribution is 2.44. The summed E-state index contributed by atoms with van der Waals surface area (Å²) < 4.78 is 6.91. The zero-order valence-electron chi connectivity index (χ0n) is 19.8. The SMILES string of the molecule is CC(C)[C@@H](CC(=O)O)NC(=O)c1cc(NC(=O)OCC2c3ccccc3-c3ccccc32)n(C)n1. The Morgan fingerprint density at radius 1 is 1.06 bits per heavy atom. The molecule has 1 aliphatic carbocycles. The minimum Gasteiger partial charge on any atom is -0.481 e. The number of carboxylic acids is 1. The van der Waals surface area contributed by atoms with Gasteiger partial charge in [-0.3, -0.25) is 19.6 Å². The number of nitrogens with zero attached hydrogens (tertiary/aromatic N) is 2. The molecule has 9 heteroatoms. The Bertz CT molecular complexity index is 1220. The van der Waals surface area contributed by atoms with Gasteiger partial charge in [0.1, 0.15) is 12.4 Å². The van der Waals surface area contributed by atoms with Gasteiger partial charge in [0.05, 0.1) is 6.42 Å². The van der Waals surface area contributed by atoms with E-state index in [2.05, 4.69) is 27.9 Å². The largest absolute Gasteiger partial charge is 0.481 e. The number of aliphatic carboxylic acids is 1. The van der Waals surface area contributed by atoms with Crippen LogP contribution in [0.1, 0.15) is 47.8 Å². The number of anilines is 1. The molecule has 0 aliphatic heterocycles. The minimum absolute atomic E-state index is 0.0665. The predicted molar refractivity (Wildman–Crippen MR) is 130 cm³/mol. The van der Waals surface area contributed by atoms with Crippen molar-refractivity contribution in [1.82, 2.24) is 15.1 Å². The smallest absolute Gasteiger partial charge is 0.412 e. The monoisotopic (exact) mass is 476 g/mol. The maximum atomic E-state index is 12.6. The molecule has 0 fully saturated rings. The number of ether oxygens (including phenoxy) is 1. The van der Waals surface area contributed by atoms with E-state index in [1.165, 1.54) is 10.7 Å². The second-order valence-corrected chi connectivity index (χ2v) is 8.91. The number of aromatic nitrogens is 2. The molecule has 0 bridgehead atoms. The van der Waals surface area contributed by atoms with Gasteiger partial charge in [-0.15, -0.1) is 0 Å². The Kier molecular flexibility index (Phi) is 6.86. The van der Waals surface area contributed by atoms with E-state index in [0.717, 1.165) is 22.3 Å². The predicted octanol–water partition coefficient (Wildman–Crippen LogP) is 4.01. The third-order valence-electron chi connectivity index (χ3n) is 6.20. The van der Waals surface area contributed by atoms with Crippen molar-refractivity contribution in [2.45, 2.75) is 32.2 Å².